The van der Waals surface area contributed by atoms with Crippen molar-refractivity contribution in [2.75, 3.05) is 0 Å². The molecule has 266 valence electrons. The molecule has 9 aromatic carbocycles. The number of hydrogen-bond donors (Lipinski definition) is 0. The molecule has 0 saturated carbocycles. The fraction of sp³-hybridized carbons (Fsp3) is 0. The second kappa shape index (κ2) is 13.6. The zero-order valence-electron chi connectivity index (χ0n) is 30.8. The molecular weight excluding hydrogens is 695 g/mol. The largest absolute Gasteiger partial charge is 0.436 e. The minimum absolute atomic E-state index is 0.627. The van der Waals surface area contributed by atoms with Gasteiger partial charge in [0, 0.05) is 27.5 Å². The highest BCUT2D eigenvalue weighted by Crippen LogP contribution is 2.41. The van der Waals surface area contributed by atoms with Crippen LogP contribution in [0, 0.1) is 0 Å². The molecule has 0 bridgehead atoms. The van der Waals surface area contributed by atoms with Gasteiger partial charge in [0.25, 0.3) is 0 Å². The fourth-order valence-corrected chi connectivity index (χ4v) is 8.16. The summed E-state index contributed by atoms with van der Waals surface area (Å²) in [6.07, 6.45) is 0. The van der Waals surface area contributed by atoms with Crippen molar-refractivity contribution in [3.63, 3.8) is 0 Å². The lowest BCUT2D eigenvalue weighted by Gasteiger charge is -2.16. The molecule has 0 aliphatic carbocycles. The van der Waals surface area contributed by atoms with E-state index in [0.29, 0.717) is 11.7 Å². The molecule has 2 heterocycles. The van der Waals surface area contributed by atoms with Crippen molar-refractivity contribution in [3.05, 3.63) is 200 Å². The molecule has 0 saturated heterocycles. The van der Waals surface area contributed by atoms with E-state index in [1.54, 1.807) is 0 Å². The predicted molar refractivity (Wildman–Crippen MR) is 235 cm³/mol. The molecular formula is C53H33N3O. The van der Waals surface area contributed by atoms with Crippen LogP contribution in [0.5, 0.6) is 0 Å². The lowest BCUT2D eigenvalue weighted by Crippen LogP contribution is -1.95. The molecule has 0 aliphatic rings. The van der Waals surface area contributed by atoms with Crippen molar-refractivity contribution in [3.8, 4) is 67.5 Å². The quantitative estimate of drug-likeness (QED) is 0.171. The molecule has 0 aliphatic heterocycles. The van der Waals surface area contributed by atoms with Gasteiger partial charge in [0.15, 0.2) is 11.4 Å². The number of hydrogen-bond acceptors (Lipinski definition) is 4. The standard InChI is InChI=1S/C53H33N3O/c1-3-14-38(15-4-1)50-45-21-11-12-22-47(45)54-52(55-50)39-29-27-37(28-30-39)49-41-18-8-7-13-34(41)31-32-42(49)35-23-25-36(26-24-35)46-33-48-51(44-20-10-9-19-43(44)46)56-53(57-48)40-16-5-2-6-17-40/h1-33H. The van der Waals surface area contributed by atoms with Crippen molar-refractivity contribution in [2.24, 2.45) is 0 Å². The minimum atomic E-state index is 0.627. The molecule has 4 heteroatoms. The van der Waals surface area contributed by atoms with E-state index in [-0.39, 0.29) is 0 Å². The molecule has 0 N–H and O–H groups in total. The van der Waals surface area contributed by atoms with Crippen molar-refractivity contribution >= 4 is 43.5 Å². The molecule has 0 spiro atoms. The van der Waals surface area contributed by atoms with Gasteiger partial charge in [-0.15, -0.1) is 0 Å². The Labute approximate surface area is 329 Å². The van der Waals surface area contributed by atoms with E-state index in [2.05, 4.69) is 152 Å². The molecule has 0 unspecified atom stereocenters. The van der Waals surface area contributed by atoms with Crippen LogP contribution in [0.1, 0.15) is 0 Å². The van der Waals surface area contributed by atoms with Gasteiger partial charge in [-0.3, -0.25) is 0 Å². The van der Waals surface area contributed by atoms with Crippen LogP contribution in [0.2, 0.25) is 0 Å². The van der Waals surface area contributed by atoms with Crippen LogP contribution in [0.25, 0.3) is 111 Å². The van der Waals surface area contributed by atoms with Crippen LogP contribution in [0.3, 0.4) is 0 Å². The molecule has 2 aromatic heterocycles. The minimum Gasteiger partial charge on any atom is -0.436 e. The Morgan fingerprint density at radius 2 is 0.930 bits per heavy atom. The van der Waals surface area contributed by atoms with E-state index >= 15 is 0 Å². The maximum Gasteiger partial charge on any atom is 0.227 e. The summed E-state index contributed by atoms with van der Waals surface area (Å²) in [6.45, 7) is 0. The molecule has 0 fully saturated rings. The summed E-state index contributed by atoms with van der Waals surface area (Å²) >= 11 is 0. The average molecular weight is 728 g/mol. The third-order valence-electron chi connectivity index (χ3n) is 10.9. The highest BCUT2D eigenvalue weighted by molar-refractivity contribution is 6.11. The first-order valence-electron chi connectivity index (χ1n) is 19.2. The first kappa shape index (κ1) is 32.7. The second-order valence-electron chi connectivity index (χ2n) is 14.3. The van der Waals surface area contributed by atoms with Gasteiger partial charge in [0.2, 0.25) is 5.89 Å². The topological polar surface area (TPSA) is 51.8 Å². The summed E-state index contributed by atoms with van der Waals surface area (Å²) < 4.78 is 6.39. The van der Waals surface area contributed by atoms with E-state index in [9.17, 15) is 0 Å². The van der Waals surface area contributed by atoms with Crippen LogP contribution >= 0.6 is 0 Å². The molecule has 0 amide bonds. The lowest BCUT2D eigenvalue weighted by molar-refractivity contribution is 0.620. The van der Waals surface area contributed by atoms with E-state index < -0.39 is 0 Å². The van der Waals surface area contributed by atoms with Gasteiger partial charge in [-0.2, -0.15) is 0 Å². The van der Waals surface area contributed by atoms with Crippen molar-refractivity contribution in [2.45, 2.75) is 0 Å². The Morgan fingerprint density at radius 1 is 0.351 bits per heavy atom. The molecule has 0 atom stereocenters. The Balaban J connectivity index is 0.996. The Kier molecular flexibility index (Phi) is 7.78. The smallest absolute Gasteiger partial charge is 0.227 e. The summed E-state index contributed by atoms with van der Waals surface area (Å²) in [6, 6.07) is 70.0. The number of para-hydroxylation sites is 1. The number of oxazole rings is 1. The van der Waals surface area contributed by atoms with Gasteiger partial charge >= 0.3 is 0 Å². The van der Waals surface area contributed by atoms with Crippen LogP contribution in [0.4, 0.5) is 0 Å². The van der Waals surface area contributed by atoms with Gasteiger partial charge < -0.3 is 4.42 Å². The number of fused-ring (bicyclic) bond motifs is 5. The van der Waals surface area contributed by atoms with Crippen LogP contribution in [0.15, 0.2) is 205 Å². The van der Waals surface area contributed by atoms with Crippen LogP contribution in [-0.2, 0) is 0 Å². The monoisotopic (exact) mass is 727 g/mol. The van der Waals surface area contributed by atoms with Gasteiger partial charge in [-0.1, -0.05) is 176 Å². The summed E-state index contributed by atoms with van der Waals surface area (Å²) in [5.74, 6) is 1.34. The zero-order chi connectivity index (χ0) is 37.7. The van der Waals surface area contributed by atoms with Gasteiger partial charge in [-0.25, -0.2) is 15.0 Å². The highest BCUT2D eigenvalue weighted by Gasteiger charge is 2.18. The normalized spacial score (nSPS) is 11.5. The molecule has 4 nitrogen and oxygen atoms in total. The average Bonchev–Trinajstić information content (AvgIpc) is 3.74. The van der Waals surface area contributed by atoms with Crippen LogP contribution < -0.4 is 0 Å². The van der Waals surface area contributed by atoms with E-state index in [4.69, 9.17) is 19.4 Å². The maximum absolute atomic E-state index is 6.39. The molecule has 11 aromatic rings. The number of benzene rings is 9. The molecule has 57 heavy (non-hydrogen) atoms. The Bertz CT molecular complexity index is 3260. The third kappa shape index (κ3) is 5.74. The molecule has 0 radical (unpaired) electrons. The SMILES string of the molecule is c1ccc(-c2nc3c(cc(-c4ccc(-c5ccc6ccccc6c5-c5ccc(-c6nc(-c7ccccc7)c7ccccc7n6)cc5)cc4)c4ccccc43)o2)cc1. The second-order valence-corrected chi connectivity index (χ2v) is 14.3. The van der Waals surface area contributed by atoms with Crippen molar-refractivity contribution in [1.29, 1.82) is 0 Å². The Morgan fingerprint density at radius 3 is 1.68 bits per heavy atom. The number of rotatable bonds is 6. The Hall–Kier alpha value is -7.69. The van der Waals surface area contributed by atoms with Crippen molar-refractivity contribution < 1.29 is 4.42 Å². The highest BCUT2D eigenvalue weighted by atomic mass is 16.3. The van der Waals surface area contributed by atoms with Gasteiger partial charge in [0.05, 0.1) is 11.2 Å². The van der Waals surface area contributed by atoms with Gasteiger partial charge in [-0.05, 0) is 73.8 Å². The van der Waals surface area contributed by atoms with E-state index in [1.165, 1.54) is 21.9 Å². The van der Waals surface area contributed by atoms with Crippen molar-refractivity contribution in [1.82, 2.24) is 15.0 Å². The maximum atomic E-state index is 6.39. The van der Waals surface area contributed by atoms with E-state index in [1.807, 2.05) is 48.5 Å². The first-order valence-corrected chi connectivity index (χ1v) is 19.2. The zero-order valence-corrected chi connectivity index (χ0v) is 30.8. The number of nitrogens with zero attached hydrogens (tertiary/aromatic N) is 3. The summed E-state index contributed by atoms with van der Waals surface area (Å²) in [5.41, 5.74) is 13.4. The number of aromatic nitrogens is 3. The van der Waals surface area contributed by atoms with Crippen LogP contribution in [-0.4, -0.2) is 15.0 Å². The predicted octanol–water partition coefficient (Wildman–Crippen LogP) is 14.1. The summed E-state index contributed by atoms with van der Waals surface area (Å²) in [7, 11) is 0. The van der Waals surface area contributed by atoms with Gasteiger partial charge in [0.1, 0.15) is 5.52 Å². The van der Waals surface area contributed by atoms with E-state index in [0.717, 1.165) is 77.4 Å². The lowest BCUT2D eigenvalue weighted by atomic mass is 9.88. The molecule has 11 rings (SSSR count). The first-order chi connectivity index (χ1) is 28.2. The summed E-state index contributed by atoms with van der Waals surface area (Å²) in [4.78, 5) is 15.1. The fourth-order valence-electron chi connectivity index (χ4n) is 8.16. The third-order valence-corrected chi connectivity index (χ3v) is 10.9. The summed E-state index contributed by atoms with van der Waals surface area (Å²) in [5, 5.41) is 5.66.